The van der Waals surface area contributed by atoms with Crippen LogP contribution < -0.4 is 14.8 Å². The molecule has 22 heavy (non-hydrogen) atoms. The first-order valence-electron chi connectivity index (χ1n) is 6.84. The van der Waals surface area contributed by atoms with E-state index in [4.69, 9.17) is 9.47 Å². The zero-order chi connectivity index (χ0) is 16.1. The van der Waals surface area contributed by atoms with Crippen molar-refractivity contribution >= 4 is 5.91 Å². The van der Waals surface area contributed by atoms with Crippen LogP contribution in [0.5, 0.6) is 11.5 Å². The number of aryl methyl sites for hydroxylation is 2. The molecule has 0 aliphatic rings. The summed E-state index contributed by atoms with van der Waals surface area (Å²) in [7, 11) is 3.16. The summed E-state index contributed by atoms with van der Waals surface area (Å²) < 4.78 is 10.4. The number of methoxy groups -OCH3 is 2. The molecule has 0 atom stereocenters. The Labute approximate surface area is 129 Å². The minimum atomic E-state index is -0.202. The molecule has 6 heteroatoms. The number of hydrogen-bond donors (Lipinski definition) is 1. The molecule has 2 rings (SSSR count). The van der Waals surface area contributed by atoms with Crippen molar-refractivity contribution < 1.29 is 14.3 Å². The summed E-state index contributed by atoms with van der Waals surface area (Å²) in [6.45, 7) is 3.96. The van der Waals surface area contributed by atoms with Gasteiger partial charge in [0.15, 0.2) is 11.5 Å². The molecule has 1 heterocycles. The molecule has 1 aromatic heterocycles. The Morgan fingerprint density at radius 2 is 1.91 bits per heavy atom. The number of ether oxygens (including phenoxy) is 2. The molecule has 0 radical (unpaired) electrons. The van der Waals surface area contributed by atoms with E-state index < -0.39 is 0 Å². The van der Waals surface area contributed by atoms with Crippen LogP contribution >= 0.6 is 0 Å². The van der Waals surface area contributed by atoms with Gasteiger partial charge in [0.2, 0.25) is 0 Å². The molecule has 0 unspecified atom stereocenters. The van der Waals surface area contributed by atoms with Crippen molar-refractivity contribution in [1.82, 2.24) is 15.3 Å². The van der Waals surface area contributed by atoms with Crippen molar-refractivity contribution in [3.63, 3.8) is 0 Å². The first kappa shape index (κ1) is 15.8. The SMILES string of the molecule is COc1ccc(CNC(=O)c2cnc(C)nc2C)cc1OC. The Bertz CT molecular complexity index is 686. The molecule has 0 aliphatic carbocycles. The van der Waals surface area contributed by atoms with Crippen LogP contribution in [0.2, 0.25) is 0 Å². The van der Waals surface area contributed by atoms with Crippen molar-refractivity contribution in [2.24, 2.45) is 0 Å². The van der Waals surface area contributed by atoms with Gasteiger partial charge in [-0.2, -0.15) is 0 Å². The highest BCUT2D eigenvalue weighted by atomic mass is 16.5. The number of benzene rings is 1. The van der Waals surface area contributed by atoms with E-state index in [1.165, 1.54) is 0 Å². The van der Waals surface area contributed by atoms with Gasteiger partial charge in [0, 0.05) is 12.7 Å². The highest BCUT2D eigenvalue weighted by Crippen LogP contribution is 2.27. The molecule has 0 bridgehead atoms. The number of carbonyl (C=O) groups excluding carboxylic acids is 1. The zero-order valence-corrected chi connectivity index (χ0v) is 13.1. The second kappa shape index (κ2) is 6.89. The van der Waals surface area contributed by atoms with Gasteiger partial charge >= 0.3 is 0 Å². The lowest BCUT2D eigenvalue weighted by Crippen LogP contribution is -2.24. The maximum atomic E-state index is 12.2. The fraction of sp³-hybridized carbons (Fsp3) is 0.312. The average molecular weight is 301 g/mol. The molecular formula is C16H19N3O3. The van der Waals surface area contributed by atoms with Gasteiger partial charge in [0.25, 0.3) is 5.91 Å². The van der Waals surface area contributed by atoms with Crippen molar-refractivity contribution in [3.8, 4) is 11.5 Å². The summed E-state index contributed by atoms with van der Waals surface area (Å²) in [5.74, 6) is 1.73. The lowest BCUT2D eigenvalue weighted by molar-refractivity contribution is 0.0949. The fourth-order valence-corrected chi connectivity index (χ4v) is 2.07. The van der Waals surface area contributed by atoms with Gasteiger partial charge in [0.1, 0.15) is 5.82 Å². The zero-order valence-electron chi connectivity index (χ0n) is 13.1. The fourth-order valence-electron chi connectivity index (χ4n) is 2.07. The van der Waals surface area contributed by atoms with Gasteiger partial charge < -0.3 is 14.8 Å². The third kappa shape index (κ3) is 3.52. The highest BCUT2D eigenvalue weighted by molar-refractivity contribution is 5.94. The first-order valence-corrected chi connectivity index (χ1v) is 6.84. The quantitative estimate of drug-likeness (QED) is 0.915. The van der Waals surface area contributed by atoms with Gasteiger partial charge in [0.05, 0.1) is 25.5 Å². The molecular weight excluding hydrogens is 282 g/mol. The monoisotopic (exact) mass is 301 g/mol. The van der Waals surface area contributed by atoms with Crippen molar-refractivity contribution in [1.29, 1.82) is 0 Å². The minimum absolute atomic E-state index is 0.202. The molecule has 1 N–H and O–H groups in total. The lowest BCUT2D eigenvalue weighted by Gasteiger charge is -2.11. The van der Waals surface area contributed by atoms with Crippen LogP contribution in [0.1, 0.15) is 27.4 Å². The van der Waals surface area contributed by atoms with Crippen molar-refractivity contribution in [2.75, 3.05) is 14.2 Å². The average Bonchev–Trinajstić information content (AvgIpc) is 2.52. The Morgan fingerprint density at radius 3 is 2.55 bits per heavy atom. The molecule has 0 saturated heterocycles. The number of nitrogens with zero attached hydrogens (tertiary/aromatic N) is 2. The number of nitrogens with one attached hydrogen (secondary N) is 1. The van der Waals surface area contributed by atoms with E-state index in [1.807, 2.05) is 12.1 Å². The van der Waals surface area contributed by atoms with E-state index in [-0.39, 0.29) is 5.91 Å². The van der Waals surface area contributed by atoms with Crippen LogP contribution in [-0.4, -0.2) is 30.1 Å². The second-order valence-corrected chi connectivity index (χ2v) is 4.79. The van der Waals surface area contributed by atoms with E-state index in [1.54, 1.807) is 40.3 Å². The molecule has 0 fully saturated rings. The van der Waals surface area contributed by atoms with Gasteiger partial charge in [-0.05, 0) is 31.5 Å². The Balaban J connectivity index is 2.08. The molecule has 116 valence electrons. The van der Waals surface area contributed by atoms with Crippen LogP contribution in [0, 0.1) is 13.8 Å². The third-order valence-corrected chi connectivity index (χ3v) is 3.25. The van der Waals surface area contributed by atoms with E-state index >= 15 is 0 Å². The predicted molar refractivity (Wildman–Crippen MR) is 82.2 cm³/mol. The Hall–Kier alpha value is -2.63. The number of amides is 1. The molecule has 0 saturated carbocycles. The first-order chi connectivity index (χ1) is 10.5. The van der Waals surface area contributed by atoms with Crippen molar-refractivity contribution in [2.45, 2.75) is 20.4 Å². The van der Waals surface area contributed by atoms with Crippen LogP contribution in [0.25, 0.3) is 0 Å². The van der Waals surface area contributed by atoms with E-state index in [9.17, 15) is 4.79 Å². The van der Waals surface area contributed by atoms with Gasteiger partial charge in [-0.15, -0.1) is 0 Å². The molecule has 1 amide bonds. The minimum Gasteiger partial charge on any atom is -0.493 e. The predicted octanol–water partition coefficient (Wildman–Crippen LogP) is 2.04. The van der Waals surface area contributed by atoms with Gasteiger partial charge in [-0.25, -0.2) is 9.97 Å². The van der Waals surface area contributed by atoms with E-state index in [0.29, 0.717) is 35.1 Å². The molecule has 6 nitrogen and oxygen atoms in total. The molecule has 1 aromatic carbocycles. The smallest absolute Gasteiger partial charge is 0.254 e. The second-order valence-electron chi connectivity index (χ2n) is 4.79. The molecule has 2 aromatic rings. The summed E-state index contributed by atoms with van der Waals surface area (Å²) >= 11 is 0. The summed E-state index contributed by atoms with van der Waals surface area (Å²) in [4.78, 5) is 20.4. The van der Waals surface area contributed by atoms with E-state index in [0.717, 1.165) is 5.56 Å². The van der Waals surface area contributed by atoms with Crippen molar-refractivity contribution in [3.05, 3.63) is 47.0 Å². The topological polar surface area (TPSA) is 73.3 Å². The summed E-state index contributed by atoms with van der Waals surface area (Å²) in [5.41, 5.74) is 2.06. The summed E-state index contributed by atoms with van der Waals surface area (Å²) in [6, 6.07) is 5.51. The van der Waals surface area contributed by atoms with Gasteiger partial charge in [-0.3, -0.25) is 4.79 Å². The maximum absolute atomic E-state index is 12.2. The van der Waals surface area contributed by atoms with Crippen LogP contribution in [0.15, 0.2) is 24.4 Å². The van der Waals surface area contributed by atoms with Crippen LogP contribution in [-0.2, 0) is 6.54 Å². The molecule has 0 spiro atoms. The van der Waals surface area contributed by atoms with Crippen LogP contribution in [0.4, 0.5) is 0 Å². The largest absolute Gasteiger partial charge is 0.493 e. The van der Waals surface area contributed by atoms with E-state index in [2.05, 4.69) is 15.3 Å². The Morgan fingerprint density at radius 1 is 1.18 bits per heavy atom. The highest BCUT2D eigenvalue weighted by Gasteiger charge is 2.11. The summed E-state index contributed by atoms with van der Waals surface area (Å²) in [5, 5.41) is 2.85. The maximum Gasteiger partial charge on any atom is 0.254 e. The molecule has 0 aliphatic heterocycles. The third-order valence-electron chi connectivity index (χ3n) is 3.25. The number of rotatable bonds is 5. The number of aromatic nitrogens is 2. The number of carbonyl (C=O) groups is 1. The summed E-state index contributed by atoms with van der Waals surface area (Å²) in [6.07, 6.45) is 1.54. The standard InChI is InChI=1S/C16H19N3O3/c1-10-13(9-17-11(2)19-10)16(20)18-8-12-5-6-14(21-3)15(7-12)22-4/h5-7,9H,8H2,1-4H3,(H,18,20). The van der Waals surface area contributed by atoms with Gasteiger partial charge in [-0.1, -0.05) is 6.07 Å². The van der Waals surface area contributed by atoms with Crippen LogP contribution in [0.3, 0.4) is 0 Å². The number of hydrogen-bond acceptors (Lipinski definition) is 5. The normalized spacial score (nSPS) is 10.2. The Kier molecular flexibility index (Phi) is 4.93. The lowest BCUT2D eigenvalue weighted by atomic mass is 10.2.